The molecule has 0 fully saturated rings. The van der Waals surface area contributed by atoms with E-state index in [2.05, 4.69) is 10.3 Å². The second-order valence-corrected chi connectivity index (χ2v) is 5.30. The van der Waals surface area contributed by atoms with Gasteiger partial charge in [0.1, 0.15) is 17.0 Å². The number of hydrogen-bond acceptors (Lipinski definition) is 6. The molecule has 1 heterocycles. The summed E-state index contributed by atoms with van der Waals surface area (Å²) in [7, 11) is 3.25. The minimum Gasteiger partial charge on any atom is -0.497 e. The molecule has 0 atom stereocenters. The largest absolute Gasteiger partial charge is 0.497 e. The van der Waals surface area contributed by atoms with E-state index < -0.39 is 0 Å². The van der Waals surface area contributed by atoms with E-state index >= 15 is 0 Å². The Hall–Kier alpha value is -2.47. The molecule has 0 radical (unpaired) electrons. The molecule has 5 nitrogen and oxygen atoms in total. The zero-order chi connectivity index (χ0) is 14.8. The number of methoxy groups -OCH3 is 2. The number of nitrogens with two attached hydrogens (primary N) is 1. The van der Waals surface area contributed by atoms with Crippen LogP contribution in [0.5, 0.6) is 11.5 Å². The molecule has 0 saturated heterocycles. The summed E-state index contributed by atoms with van der Waals surface area (Å²) in [6.07, 6.45) is 0. The van der Waals surface area contributed by atoms with E-state index in [0.29, 0.717) is 11.4 Å². The molecule has 6 heteroatoms. The summed E-state index contributed by atoms with van der Waals surface area (Å²) in [5.41, 5.74) is 11.0. The molecule has 0 aliphatic rings. The predicted molar refractivity (Wildman–Crippen MR) is 86.9 cm³/mol. The van der Waals surface area contributed by atoms with Crippen LogP contribution in [0.4, 0.5) is 17.1 Å². The SMILES string of the molecule is COc1ccc(OC)c(Nc2ccc3scnc3c2N)c1. The van der Waals surface area contributed by atoms with Crippen LogP contribution >= 0.6 is 11.3 Å². The lowest BCUT2D eigenvalue weighted by Gasteiger charge is -2.14. The lowest BCUT2D eigenvalue weighted by molar-refractivity contribution is 0.405. The van der Waals surface area contributed by atoms with Crippen LogP contribution < -0.4 is 20.5 Å². The second kappa shape index (κ2) is 5.49. The molecule has 0 aliphatic heterocycles. The first-order valence-electron chi connectivity index (χ1n) is 6.33. The Morgan fingerprint density at radius 2 is 1.95 bits per heavy atom. The van der Waals surface area contributed by atoms with Crippen molar-refractivity contribution >= 4 is 38.6 Å². The van der Waals surface area contributed by atoms with E-state index in [-0.39, 0.29) is 0 Å². The third-order valence-electron chi connectivity index (χ3n) is 3.22. The number of rotatable bonds is 4. The van der Waals surface area contributed by atoms with Gasteiger partial charge in [-0.05, 0) is 24.3 Å². The minimum absolute atomic E-state index is 0.624. The summed E-state index contributed by atoms with van der Waals surface area (Å²) in [5, 5.41) is 3.28. The molecule has 2 aromatic carbocycles. The van der Waals surface area contributed by atoms with Gasteiger partial charge < -0.3 is 20.5 Å². The van der Waals surface area contributed by atoms with Crippen molar-refractivity contribution in [1.29, 1.82) is 0 Å². The number of anilines is 3. The number of nitrogens with zero attached hydrogens (tertiary/aromatic N) is 1. The van der Waals surface area contributed by atoms with Crippen LogP contribution in [-0.4, -0.2) is 19.2 Å². The van der Waals surface area contributed by atoms with E-state index in [1.807, 2.05) is 30.3 Å². The Morgan fingerprint density at radius 1 is 1.10 bits per heavy atom. The van der Waals surface area contributed by atoms with Gasteiger partial charge in [0.2, 0.25) is 0 Å². The Labute approximate surface area is 126 Å². The Bertz CT molecular complexity index is 786. The van der Waals surface area contributed by atoms with Crippen molar-refractivity contribution < 1.29 is 9.47 Å². The van der Waals surface area contributed by atoms with Crippen molar-refractivity contribution in [2.75, 3.05) is 25.3 Å². The smallest absolute Gasteiger partial charge is 0.142 e. The fraction of sp³-hybridized carbons (Fsp3) is 0.133. The molecule has 3 N–H and O–H groups in total. The van der Waals surface area contributed by atoms with Crippen molar-refractivity contribution in [3.8, 4) is 11.5 Å². The van der Waals surface area contributed by atoms with E-state index in [9.17, 15) is 0 Å². The van der Waals surface area contributed by atoms with Crippen molar-refractivity contribution in [3.63, 3.8) is 0 Å². The molecule has 0 bridgehead atoms. The summed E-state index contributed by atoms with van der Waals surface area (Å²) in [5.74, 6) is 1.46. The second-order valence-electron chi connectivity index (χ2n) is 4.42. The van der Waals surface area contributed by atoms with E-state index in [0.717, 1.165) is 27.3 Å². The average Bonchev–Trinajstić information content (AvgIpc) is 2.99. The van der Waals surface area contributed by atoms with E-state index in [1.54, 1.807) is 31.1 Å². The van der Waals surface area contributed by atoms with Gasteiger partial charge in [-0.25, -0.2) is 4.98 Å². The molecule has 21 heavy (non-hydrogen) atoms. The number of ether oxygens (including phenoxy) is 2. The number of benzene rings is 2. The molecule has 3 aromatic rings. The third-order valence-corrected chi connectivity index (χ3v) is 4.01. The van der Waals surface area contributed by atoms with Crippen LogP contribution in [0.3, 0.4) is 0 Å². The van der Waals surface area contributed by atoms with Crippen molar-refractivity contribution in [3.05, 3.63) is 35.8 Å². The van der Waals surface area contributed by atoms with Gasteiger partial charge in [-0.1, -0.05) is 0 Å². The van der Waals surface area contributed by atoms with E-state index in [4.69, 9.17) is 15.2 Å². The highest BCUT2D eigenvalue weighted by atomic mass is 32.1. The highest BCUT2D eigenvalue weighted by Crippen LogP contribution is 2.36. The Balaban J connectivity index is 2.03. The normalized spacial score (nSPS) is 10.6. The molecule has 1 aromatic heterocycles. The average molecular weight is 301 g/mol. The number of fused-ring (bicyclic) bond motifs is 1. The standard InChI is InChI=1S/C15H15N3O2S/c1-19-9-3-5-12(20-2)11(7-9)18-10-4-6-13-15(14(10)16)17-8-21-13/h3-8,18H,16H2,1-2H3. The number of thiazole rings is 1. The summed E-state index contributed by atoms with van der Waals surface area (Å²) in [6.45, 7) is 0. The number of aromatic nitrogens is 1. The number of nitrogen functional groups attached to an aromatic ring is 1. The molecule has 0 amide bonds. The van der Waals surface area contributed by atoms with Crippen molar-refractivity contribution in [2.45, 2.75) is 0 Å². The van der Waals surface area contributed by atoms with Crippen molar-refractivity contribution in [1.82, 2.24) is 4.98 Å². The maximum atomic E-state index is 6.18. The number of nitrogens with one attached hydrogen (secondary N) is 1. The molecule has 0 spiro atoms. The highest BCUT2D eigenvalue weighted by Gasteiger charge is 2.10. The van der Waals surface area contributed by atoms with Gasteiger partial charge in [0.15, 0.2) is 0 Å². The fourth-order valence-corrected chi connectivity index (χ4v) is 2.81. The zero-order valence-corrected chi connectivity index (χ0v) is 12.5. The summed E-state index contributed by atoms with van der Waals surface area (Å²) in [4.78, 5) is 4.29. The van der Waals surface area contributed by atoms with Crippen LogP contribution in [0.25, 0.3) is 10.2 Å². The summed E-state index contributed by atoms with van der Waals surface area (Å²) >= 11 is 1.57. The fourth-order valence-electron chi connectivity index (χ4n) is 2.12. The van der Waals surface area contributed by atoms with Crippen LogP contribution in [0.2, 0.25) is 0 Å². The van der Waals surface area contributed by atoms with Gasteiger partial charge in [0.25, 0.3) is 0 Å². The minimum atomic E-state index is 0.624. The zero-order valence-electron chi connectivity index (χ0n) is 11.7. The molecular formula is C15H15N3O2S. The Morgan fingerprint density at radius 3 is 2.71 bits per heavy atom. The maximum absolute atomic E-state index is 6.18. The van der Waals surface area contributed by atoms with Gasteiger partial charge in [-0.15, -0.1) is 11.3 Å². The lowest BCUT2D eigenvalue weighted by Crippen LogP contribution is -1.99. The van der Waals surface area contributed by atoms with E-state index in [1.165, 1.54) is 0 Å². The number of hydrogen-bond donors (Lipinski definition) is 2. The predicted octanol–water partition coefficient (Wildman–Crippen LogP) is 3.64. The lowest BCUT2D eigenvalue weighted by atomic mass is 10.2. The quantitative estimate of drug-likeness (QED) is 0.720. The highest BCUT2D eigenvalue weighted by molar-refractivity contribution is 7.16. The summed E-state index contributed by atoms with van der Waals surface area (Å²) in [6, 6.07) is 9.49. The van der Waals surface area contributed by atoms with Crippen LogP contribution in [0.15, 0.2) is 35.8 Å². The van der Waals surface area contributed by atoms with Crippen LogP contribution in [0.1, 0.15) is 0 Å². The van der Waals surface area contributed by atoms with Gasteiger partial charge in [-0.2, -0.15) is 0 Å². The molecule has 0 saturated carbocycles. The third kappa shape index (κ3) is 2.45. The van der Waals surface area contributed by atoms with Crippen LogP contribution in [0, 0.1) is 0 Å². The maximum Gasteiger partial charge on any atom is 0.142 e. The van der Waals surface area contributed by atoms with Gasteiger partial charge in [-0.3, -0.25) is 0 Å². The van der Waals surface area contributed by atoms with Crippen molar-refractivity contribution in [2.24, 2.45) is 0 Å². The first-order chi connectivity index (χ1) is 10.2. The van der Waals surface area contributed by atoms with Gasteiger partial charge in [0.05, 0.1) is 41.5 Å². The molecular weight excluding hydrogens is 286 g/mol. The molecule has 0 aliphatic carbocycles. The van der Waals surface area contributed by atoms with Gasteiger partial charge in [0, 0.05) is 6.07 Å². The monoisotopic (exact) mass is 301 g/mol. The van der Waals surface area contributed by atoms with Gasteiger partial charge >= 0.3 is 0 Å². The van der Waals surface area contributed by atoms with Crippen LogP contribution in [-0.2, 0) is 0 Å². The topological polar surface area (TPSA) is 69.4 Å². The first-order valence-corrected chi connectivity index (χ1v) is 7.21. The molecule has 0 unspecified atom stereocenters. The Kier molecular flexibility index (Phi) is 3.53. The first kappa shape index (κ1) is 13.5. The molecule has 3 rings (SSSR count). The summed E-state index contributed by atoms with van der Waals surface area (Å²) < 4.78 is 11.7. The molecule has 108 valence electrons.